The van der Waals surface area contributed by atoms with Crippen LogP contribution in [0.3, 0.4) is 0 Å². The molecule has 0 radical (unpaired) electrons. The number of aryl methyl sites for hydroxylation is 1. The Morgan fingerprint density at radius 2 is 2.00 bits per heavy atom. The molecule has 0 atom stereocenters. The molecule has 0 fully saturated rings. The van der Waals surface area contributed by atoms with Crippen LogP contribution >= 0.6 is 12.2 Å². The van der Waals surface area contributed by atoms with Crippen LogP contribution in [-0.2, 0) is 11.3 Å². The standard InChI is InChI=1S/C15H19N5O3S/c1-3-20-14(22)11-7-5-4-6-10(11)12(19-20)13(21)17-18-15(24)16-8-9-23-2/h4-7H,3,8-9H2,1-2H3,(H,17,21)(H2,16,18,24). The van der Waals surface area contributed by atoms with Crippen LogP contribution < -0.4 is 21.7 Å². The first-order valence-corrected chi connectivity index (χ1v) is 7.82. The number of thiocarbonyl (C=S) groups is 1. The van der Waals surface area contributed by atoms with Crippen LogP contribution in [0.4, 0.5) is 0 Å². The first-order valence-electron chi connectivity index (χ1n) is 7.41. The van der Waals surface area contributed by atoms with Gasteiger partial charge in [0.1, 0.15) is 0 Å². The van der Waals surface area contributed by atoms with E-state index in [2.05, 4.69) is 21.3 Å². The number of aromatic nitrogens is 2. The van der Waals surface area contributed by atoms with Gasteiger partial charge in [-0.05, 0) is 25.2 Å². The molecule has 128 valence electrons. The Morgan fingerprint density at radius 1 is 1.29 bits per heavy atom. The quantitative estimate of drug-likeness (QED) is 0.402. The third-order valence-corrected chi connectivity index (χ3v) is 3.51. The van der Waals surface area contributed by atoms with Gasteiger partial charge in [0.15, 0.2) is 10.8 Å². The minimum absolute atomic E-state index is 0.152. The van der Waals surface area contributed by atoms with Gasteiger partial charge in [0, 0.05) is 25.6 Å². The molecule has 8 nitrogen and oxygen atoms in total. The maximum atomic E-state index is 12.4. The Balaban J connectivity index is 2.19. The Kier molecular flexibility index (Phi) is 6.21. The zero-order valence-electron chi connectivity index (χ0n) is 13.5. The van der Waals surface area contributed by atoms with E-state index in [-0.39, 0.29) is 16.4 Å². The zero-order chi connectivity index (χ0) is 17.5. The summed E-state index contributed by atoms with van der Waals surface area (Å²) in [4.78, 5) is 24.7. The molecule has 0 bridgehead atoms. The van der Waals surface area contributed by atoms with E-state index in [9.17, 15) is 9.59 Å². The summed E-state index contributed by atoms with van der Waals surface area (Å²) in [6.07, 6.45) is 0. The highest BCUT2D eigenvalue weighted by Crippen LogP contribution is 2.12. The van der Waals surface area contributed by atoms with Gasteiger partial charge in [-0.2, -0.15) is 5.10 Å². The average molecular weight is 349 g/mol. The van der Waals surface area contributed by atoms with Gasteiger partial charge in [0.25, 0.3) is 11.5 Å². The number of amides is 1. The third-order valence-electron chi connectivity index (χ3n) is 3.26. The van der Waals surface area contributed by atoms with Crippen LogP contribution in [0, 0.1) is 0 Å². The van der Waals surface area contributed by atoms with Crippen molar-refractivity contribution < 1.29 is 9.53 Å². The summed E-state index contributed by atoms with van der Waals surface area (Å²) >= 11 is 5.03. The van der Waals surface area contributed by atoms with E-state index < -0.39 is 5.91 Å². The fourth-order valence-electron chi connectivity index (χ4n) is 2.10. The summed E-state index contributed by atoms with van der Waals surface area (Å²) in [6, 6.07) is 6.86. The van der Waals surface area contributed by atoms with Crippen molar-refractivity contribution in [1.82, 2.24) is 25.9 Å². The van der Waals surface area contributed by atoms with Crippen LogP contribution in [0.5, 0.6) is 0 Å². The summed E-state index contributed by atoms with van der Waals surface area (Å²) in [5.74, 6) is -0.482. The Morgan fingerprint density at radius 3 is 2.67 bits per heavy atom. The molecule has 0 unspecified atom stereocenters. The molecular weight excluding hydrogens is 330 g/mol. The van der Waals surface area contributed by atoms with E-state index >= 15 is 0 Å². The van der Waals surface area contributed by atoms with E-state index in [4.69, 9.17) is 17.0 Å². The van der Waals surface area contributed by atoms with Gasteiger partial charge in [0.2, 0.25) is 0 Å². The van der Waals surface area contributed by atoms with Crippen molar-refractivity contribution in [3.05, 3.63) is 40.3 Å². The highest BCUT2D eigenvalue weighted by atomic mass is 32.1. The zero-order valence-corrected chi connectivity index (χ0v) is 14.3. The molecule has 0 saturated carbocycles. The Labute approximate surface area is 144 Å². The van der Waals surface area contributed by atoms with Gasteiger partial charge in [-0.1, -0.05) is 18.2 Å². The van der Waals surface area contributed by atoms with Gasteiger partial charge >= 0.3 is 0 Å². The molecule has 9 heteroatoms. The topological polar surface area (TPSA) is 97.3 Å². The van der Waals surface area contributed by atoms with E-state index in [1.807, 2.05) is 0 Å². The number of carbonyl (C=O) groups excluding carboxylic acids is 1. The van der Waals surface area contributed by atoms with Crippen molar-refractivity contribution in [1.29, 1.82) is 0 Å². The maximum Gasteiger partial charge on any atom is 0.290 e. The SMILES string of the molecule is CCn1nc(C(=O)NNC(=S)NCCOC)c2ccccc2c1=O. The maximum absolute atomic E-state index is 12.4. The van der Waals surface area contributed by atoms with Gasteiger partial charge in [-0.3, -0.25) is 20.4 Å². The normalized spacial score (nSPS) is 10.4. The van der Waals surface area contributed by atoms with Crippen LogP contribution in [0.2, 0.25) is 0 Å². The molecule has 1 aromatic carbocycles. The molecule has 0 aliphatic carbocycles. The van der Waals surface area contributed by atoms with Gasteiger partial charge in [-0.15, -0.1) is 0 Å². The first kappa shape index (κ1) is 17.8. The third kappa shape index (κ3) is 4.06. The molecule has 3 N–H and O–H groups in total. The van der Waals surface area contributed by atoms with Crippen molar-refractivity contribution in [2.45, 2.75) is 13.5 Å². The number of hydrogen-bond acceptors (Lipinski definition) is 5. The van der Waals surface area contributed by atoms with Crippen LogP contribution in [0.15, 0.2) is 29.1 Å². The lowest BCUT2D eigenvalue weighted by molar-refractivity contribution is 0.0938. The number of nitrogens with zero attached hydrogens (tertiary/aromatic N) is 2. The highest BCUT2D eigenvalue weighted by Gasteiger charge is 2.16. The number of fused-ring (bicyclic) bond motifs is 1. The lowest BCUT2D eigenvalue weighted by atomic mass is 10.1. The van der Waals surface area contributed by atoms with Crippen molar-refractivity contribution in [2.75, 3.05) is 20.3 Å². The number of ether oxygens (including phenoxy) is 1. The first-order chi connectivity index (χ1) is 11.6. The Bertz CT molecular complexity index is 805. The Hall–Kier alpha value is -2.52. The van der Waals surface area contributed by atoms with Gasteiger partial charge in [-0.25, -0.2) is 4.68 Å². The van der Waals surface area contributed by atoms with Crippen molar-refractivity contribution in [3.8, 4) is 0 Å². The lowest BCUT2D eigenvalue weighted by Crippen LogP contribution is -2.48. The molecular formula is C15H19N5O3S. The second-order valence-electron chi connectivity index (χ2n) is 4.84. The number of benzene rings is 1. The number of carbonyl (C=O) groups is 1. The van der Waals surface area contributed by atoms with Gasteiger partial charge < -0.3 is 10.1 Å². The van der Waals surface area contributed by atoms with Crippen molar-refractivity contribution in [3.63, 3.8) is 0 Å². The highest BCUT2D eigenvalue weighted by molar-refractivity contribution is 7.80. The second-order valence-corrected chi connectivity index (χ2v) is 5.25. The molecule has 2 rings (SSSR count). The van der Waals surface area contributed by atoms with Crippen LogP contribution in [-0.4, -0.2) is 41.1 Å². The van der Waals surface area contributed by atoms with E-state index in [1.165, 1.54) is 4.68 Å². The fourth-order valence-corrected chi connectivity index (χ4v) is 2.25. The van der Waals surface area contributed by atoms with Crippen molar-refractivity contribution in [2.24, 2.45) is 0 Å². The molecule has 24 heavy (non-hydrogen) atoms. The fraction of sp³-hybridized carbons (Fsp3) is 0.333. The molecule has 0 saturated heterocycles. The second kappa shape index (κ2) is 8.37. The van der Waals surface area contributed by atoms with E-state index in [0.717, 1.165) is 0 Å². The largest absolute Gasteiger partial charge is 0.383 e. The summed E-state index contributed by atoms with van der Waals surface area (Å²) in [7, 11) is 1.58. The summed E-state index contributed by atoms with van der Waals surface area (Å²) in [6.45, 7) is 3.16. The molecule has 0 aliphatic heterocycles. The predicted octanol–water partition coefficient (Wildman–Crippen LogP) is 0.172. The number of methoxy groups -OCH3 is 1. The molecule has 1 heterocycles. The average Bonchev–Trinajstić information content (AvgIpc) is 2.60. The summed E-state index contributed by atoms with van der Waals surface area (Å²) in [5, 5.41) is 8.20. The number of rotatable bonds is 5. The molecule has 1 amide bonds. The number of hydrazine groups is 1. The minimum Gasteiger partial charge on any atom is -0.383 e. The van der Waals surface area contributed by atoms with E-state index in [1.54, 1.807) is 38.3 Å². The smallest absolute Gasteiger partial charge is 0.290 e. The molecule has 2 aromatic rings. The van der Waals surface area contributed by atoms with Gasteiger partial charge in [0.05, 0.1) is 12.0 Å². The number of nitrogens with one attached hydrogen (secondary N) is 3. The van der Waals surface area contributed by atoms with Crippen LogP contribution in [0.1, 0.15) is 17.4 Å². The minimum atomic E-state index is -0.482. The molecule has 0 spiro atoms. The summed E-state index contributed by atoms with van der Waals surface area (Å²) < 4.78 is 6.15. The summed E-state index contributed by atoms with van der Waals surface area (Å²) in [5.41, 5.74) is 5.00. The molecule has 1 aromatic heterocycles. The van der Waals surface area contributed by atoms with E-state index in [0.29, 0.717) is 30.5 Å². The molecule has 0 aliphatic rings. The van der Waals surface area contributed by atoms with Crippen LogP contribution in [0.25, 0.3) is 10.8 Å². The van der Waals surface area contributed by atoms with Crippen molar-refractivity contribution >= 4 is 34.0 Å². The predicted molar refractivity (Wildman–Crippen MR) is 94.8 cm³/mol. The monoisotopic (exact) mass is 349 g/mol. The number of hydrogen-bond donors (Lipinski definition) is 3. The lowest BCUT2D eigenvalue weighted by Gasteiger charge is -2.13.